The lowest BCUT2D eigenvalue weighted by atomic mass is 10.2. The van der Waals surface area contributed by atoms with E-state index in [0.717, 1.165) is 28.1 Å². The molecule has 0 spiro atoms. The van der Waals surface area contributed by atoms with Gasteiger partial charge < -0.3 is 10.1 Å². The number of nitrogens with one attached hydrogen (secondary N) is 1. The Labute approximate surface area is 132 Å². The molecule has 0 aliphatic rings. The van der Waals surface area contributed by atoms with E-state index in [4.69, 9.17) is 16.3 Å². The van der Waals surface area contributed by atoms with Crippen molar-refractivity contribution in [2.45, 2.75) is 22.7 Å². The fraction of sp³-hybridized carbons (Fsp3) is 0.357. The number of ether oxygens (including phenoxy) is 1. The summed E-state index contributed by atoms with van der Waals surface area (Å²) < 4.78 is 6.09. The van der Waals surface area contributed by atoms with Crippen LogP contribution in [0.1, 0.15) is 11.3 Å². The number of halogens is 1. The Bertz CT molecular complexity index is 560. The molecular formula is C14H17ClN2OS2. The van der Waals surface area contributed by atoms with Crippen LogP contribution in [-0.2, 0) is 11.3 Å². The Morgan fingerprint density at radius 2 is 2.30 bits per heavy atom. The molecule has 0 unspecified atom stereocenters. The first-order valence-corrected chi connectivity index (χ1v) is 8.34. The first-order valence-electron chi connectivity index (χ1n) is 6.27. The van der Waals surface area contributed by atoms with Gasteiger partial charge in [-0.25, -0.2) is 4.98 Å². The number of nitrogens with zero attached hydrogens (tertiary/aromatic N) is 1. The van der Waals surface area contributed by atoms with Gasteiger partial charge in [0.25, 0.3) is 0 Å². The molecule has 0 amide bonds. The SMILES string of the molecule is COCCNCc1cc(Cl)ccc1Sc1nc(C)cs1. The van der Waals surface area contributed by atoms with Crippen molar-refractivity contribution in [2.75, 3.05) is 20.3 Å². The molecule has 3 nitrogen and oxygen atoms in total. The largest absolute Gasteiger partial charge is 0.383 e. The highest BCUT2D eigenvalue weighted by atomic mass is 35.5. The van der Waals surface area contributed by atoms with E-state index in [-0.39, 0.29) is 0 Å². The van der Waals surface area contributed by atoms with Gasteiger partial charge in [-0.15, -0.1) is 11.3 Å². The Morgan fingerprint density at radius 3 is 3.00 bits per heavy atom. The number of aromatic nitrogens is 1. The van der Waals surface area contributed by atoms with Crippen molar-refractivity contribution in [2.24, 2.45) is 0 Å². The third-order valence-corrected chi connectivity index (χ3v) is 5.03. The lowest BCUT2D eigenvalue weighted by molar-refractivity contribution is 0.199. The monoisotopic (exact) mass is 328 g/mol. The first-order chi connectivity index (χ1) is 9.69. The molecule has 1 aromatic carbocycles. The van der Waals surface area contributed by atoms with Crippen LogP contribution in [-0.4, -0.2) is 25.2 Å². The number of methoxy groups -OCH3 is 1. The first kappa shape index (κ1) is 15.8. The third kappa shape index (κ3) is 4.75. The van der Waals surface area contributed by atoms with E-state index in [2.05, 4.69) is 21.7 Å². The third-order valence-electron chi connectivity index (χ3n) is 2.62. The van der Waals surface area contributed by atoms with E-state index in [0.29, 0.717) is 6.61 Å². The molecule has 1 heterocycles. The highest BCUT2D eigenvalue weighted by Crippen LogP contribution is 2.33. The minimum absolute atomic E-state index is 0.703. The van der Waals surface area contributed by atoms with Gasteiger partial charge in [0.2, 0.25) is 0 Å². The molecule has 0 aliphatic carbocycles. The van der Waals surface area contributed by atoms with E-state index in [1.165, 1.54) is 10.5 Å². The van der Waals surface area contributed by atoms with Gasteiger partial charge in [0.1, 0.15) is 0 Å². The number of rotatable bonds is 7. The number of thiazole rings is 1. The zero-order valence-electron chi connectivity index (χ0n) is 11.5. The van der Waals surface area contributed by atoms with Gasteiger partial charge in [0, 0.05) is 41.2 Å². The molecule has 0 bridgehead atoms. The van der Waals surface area contributed by atoms with E-state index in [1.807, 2.05) is 19.1 Å². The highest BCUT2D eigenvalue weighted by molar-refractivity contribution is 8.01. The zero-order chi connectivity index (χ0) is 14.4. The minimum Gasteiger partial charge on any atom is -0.383 e. The molecule has 0 saturated carbocycles. The molecule has 2 aromatic rings. The Kier molecular flexibility index (Phi) is 6.32. The average molecular weight is 329 g/mol. The van der Waals surface area contributed by atoms with Crippen LogP contribution in [0.2, 0.25) is 5.02 Å². The van der Waals surface area contributed by atoms with Crippen LogP contribution in [0.3, 0.4) is 0 Å². The Hall–Kier alpha value is -0.590. The van der Waals surface area contributed by atoms with Crippen molar-refractivity contribution in [3.63, 3.8) is 0 Å². The van der Waals surface area contributed by atoms with Crippen molar-refractivity contribution >= 4 is 34.7 Å². The van der Waals surface area contributed by atoms with Gasteiger partial charge in [-0.3, -0.25) is 0 Å². The molecular weight excluding hydrogens is 312 g/mol. The molecule has 0 aliphatic heterocycles. The van der Waals surface area contributed by atoms with Gasteiger partial charge in [-0.1, -0.05) is 23.4 Å². The summed E-state index contributed by atoms with van der Waals surface area (Å²) in [6.45, 7) is 4.31. The molecule has 2 rings (SSSR count). The predicted molar refractivity (Wildman–Crippen MR) is 86.0 cm³/mol. The standard InChI is InChI=1S/C14H17ClN2OS2/c1-10-9-19-14(17-10)20-13-4-3-12(15)7-11(13)8-16-5-6-18-2/h3-4,7,9,16H,5-6,8H2,1-2H3. The molecule has 1 aromatic heterocycles. The van der Waals surface area contributed by atoms with Crippen molar-refractivity contribution in [3.8, 4) is 0 Å². The summed E-state index contributed by atoms with van der Waals surface area (Å²) in [5, 5.41) is 6.17. The zero-order valence-corrected chi connectivity index (χ0v) is 13.9. The summed E-state index contributed by atoms with van der Waals surface area (Å²) in [5.41, 5.74) is 2.25. The van der Waals surface area contributed by atoms with E-state index in [1.54, 1.807) is 30.2 Å². The highest BCUT2D eigenvalue weighted by Gasteiger charge is 2.08. The van der Waals surface area contributed by atoms with E-state index < -0.39 is 0 Å². The molecule has 0 radical (unpaired) electrons. The van der Waals surface area contributed by atoms with Gasteiger partial charge in [0.15, 0.2) is 4.34 Å². The van der Waals surface area contributed by atoms with Crippen molar-refractivity contribution in [1.82, 2.24) is 10.3 Å². The fourth-order valence-electron chi connectivity index (χ4n) is 1.66. The molecule has 108 valence electrons. The van der Waals surface area contributed by atoms with Gasteiger partial charge >= 0.3 is 0 Å². The van der Waals surface area contributed by atoms with Crippen molar-refractivity contribution in [1.29, 1.82) is 0 Å². The maximum atomic E-state index is 6.09. The maximum absolute atomic E-state index is 6.09. The van der Waals surface area contributed by atoms with Crippen LogP contribution < -0.4 is 5.32 Å². The van der Waals surface area contributed by atoms with Crippen LogP contribution in [0, 0.1) is 6.92 Å². The summed E-state index contributed by atoms with van der Waals surface area (Å²) in [5.74, 6) is 0. The van der Waals surface area contributed by atoms with Crippen LogP contribution in [0.15, 0.2) is 32.8 Å². The second kappa shape index (κ2) is 8.00. The lowest BCUT2D eigenvalue weighted by Crippen LogP contribution is -2.18. The summed E-state index contributed by atoms with van der Waals surface area (Å²) in [6, 6.07) is 5.98. The lowest BCUT2D eigenvalue weighted by Gasteiger charge is -2.09. The van der Waals surface area contributed by atoms with Crippen molar-refractivity contribution < 1.29 is 4.74 Å². The van der Waals surface area contributed by atoms with Crippen molar-refractivity contribution in [3.05, 3.63) is 39.9 Å². The topological polar surface area (TPSA) is 34.1 Å². The second-order valence-corrected chi connectivity index (χ2v) is 6.86. The minimum atomic E-state index is 0.703. The molecule has 0 atom stereocenters. The van der Waals surface area contributed by atoms with E-state index >= 15 is 0 Å². The maximum Gasteiger partial charge on any atom is 0.154 e. The number of aryl methyl sites for hydroxylation is 1. The predicted octanol–water partition coefficient (Wildman–Crippen LogP) is 3.99. The number of benzene rings is 1. The summed E-state index contributed by atoms with van der Waals surface area (Å²) in [7, 11) is 1.70. The number of hydrogen-bond acceptors (Lipinski definition) is 5. The number of hydrogen-bond donors (Lipinski definition) is 1. The summed E-state index contributed by atoms with van der Waals surface area (Å²) in [6.07, 6.45) is 0. The quantitative estimate of drug-likeness (QED) is 0.779. The van der Waals surface area contributed by atoms with Gasteiger partial charge in [0.05, 0.1) is 6.61 Å². The van der Waals surface area contributed by atoms with Gasteiger partial charge in [-0.05, 0) is 30.7 Å². The molecule has 6 heteroatoms. The fourth-order valence-corrected chi connectivity index (χ4v) is 3.75. The van der Waals surface area contributed by atoms with Crippen LogP contribution in [0.4, 0.5) is 0 Å². The second-order valence-electron chi connectivity index (χ2n) is 4.28. The smallest absolute Gasteiger partial charge is 0.154 e. The van der Waals surface area contributed by atoms with Crippen LogP contribution in [0.5, 0.6) is 0 Å². The average Bonchev–Trinajstić information content (AvgIpc) is 2.83. The molecule has 20 heavy (non-hydrogen) atoms. The molecule has 1 N–H and O–H groups in total. The Morgan fingerprint density at radius 1 is 1.45 bits per heavy atom. The molecule has 0 saturated heterocycles. The van der Waals surface area contributed by atoms with Crippen LogP contribution in [0.25, 0.3) is 0 Å². The molecule has 0 fully saturated rings. The van der Waals surface area contributed by atoms with E-state index in [9.17, 15) is 0 Å². The summed E-state index contributed by atoms with van der Waals surface area (Å²) in [4.78, 5) is 5.68. The summed E-state index contributed by atoms with van der Waals surface area (Å²) >= 11 is 9.44. The van der Waals surface area contributed by atoms with Crippen LogP contribution >= 0.6 is 34.7 Å². The van der Waals surface area contributed by atoms with Gasteiger partial charge in [-0.2, -0.15) is 0 Å². The normalized spacial score (nSPS) is 10.9. The Balaban J connectivity index is 2.06.